The van der Waals surface area contributed by atoms with Crippen LogP contribution in [0, 0.1) is 0 Å². The Labute approximate surface area is 151 Å². The third-order valence-corrected chi connectivity index (χ3v) is 6.85. The normalized spacial score (nSPS) is 16.6. The molecule has 1 aromatic carbocycles. The quantitative estimate of drug-likeness (QED) is 0.767. The van der Waals surface area contributed by atoms with Crippen LogP contribution in [0.3, 0.4) is 0 Å². The highest BCUT2D eigenvalue weighted by Gasteiger charge is 2.31. The maximum atomic E-state index is 12.7. The second-order valence-corrected chi connectivity index (χ2v) is 8.84. The molecular formula is C14H18Cl2N2O3S2. The summed E-state index contributed by atoms with van der Waals surface area (Å²) in [6.45, 7) is 1.31. The average molecular weight is 397 g/mol. The summed E-state index contributed by atoms with van der Waals surface area (Å²) in [4.78, 5) is 13.7. The van der Waals surface area contributed by atoms with Crippen LogP contribution in [-0.4, -0.2) is 61.7 Å². The van der Waals surface area contributed by atoms with Gasteiger partial charge in [-0.1, -0.05) is 23.2 Å². The van der Waals surface area contributed by atoms with Gasteiger partial charge in [-0.3, -0.25) is 4.79 Å². The zero-order valence-electron chi connectivity index (χ0n) is 12.7. The molecule has 0 aliphatic carbocycles. The van der Waals surface area contributed by atoms with Crippen molar-refractivity contribution < 1.29 is 13.2 Å². The van der Waals surface area contributed by atoms with E-state index in [1.807, 2.05) is 6.26 Å². The molecule has 1 aliphatic heterocycles. The number of carbonyl (C=O) groups is 1. The molecule has 0 saturated carbocycles. The van der Waals surface area contributed by atoms with Gasteiger partial charge in [0.05, 0.1) is 5.02 Å². The summed E-state index contributed by atoms with van der Waals surface area (Å²) in [6.07, 6.45) is 2.43. The number of piperazine rings is 1. The smallest absolute Gasteiger partial charge is 0.244 e. The zero-order chi connectivity index (χ0) is 17.0. The van der Waals surface area contributed by atoms with E-state index in [1.165, 1.54) is 16.4 Å². The van der Waals surface area contributed by atoms with Crippen molar-refractivity contribution in [1.82, 2.24) is 9.21 Å². The lowest BCUT2D eigenvalue weighted by Crippen LogP contribution is -2.50. The minimum Gasteiger partial charge on any atom is -0.340 e. The van der Waals surface area contributed by atoms with Crippen LogP contribution in [0.15, 0.2) is 23.1 Å². The fourth-order valence-corrected chi connectivity index (χ4v) is 4.88. The summed E-state index contributed by atoms with van der Waals surface area (Å²) >= 11 is 13.5. The van der Waals surface area contributed by atoms with Crippen molar-refractivity contribution >= 4 is 50.9 Å². The minimum atomic E-state index is -3.71. The van der Waals surface area contributed by atoms with Crippen LogP contribution in [0.2, 0.25) is 10.0 Å². The first-order valence-electron chi connectivity index (χ1n) is 7.08. The molecule has 2 rings (SSSR count). The van der Waals surface area contributed by atoms with Crippen LogP contribution in [0.5, 0.6) is 0 Å². The summed E-state index contributed by atoms with van der Waals surface area (Å²) in [5, 5.41) is 0.465. The molecule has 1 heterocycles. The van der Waals surface area contributed by atoms with Crippen LogP contribution < -0.4 is 0 Å². The Morgan fingerprint density at radius 2 is 1.87 bits per heavy atom. The van der Waals surface area contributed by atoms with E-state index in [9.17, 15) is 13.2 Å². The Bertz CT molecular complexity index is 675. The first-order chi connectivity index (χ1) is 10.9. The van der Waals surface area contributed by atoms with Gasteiger partial charge in [0.2, 0.25) is 15.9 Å². The molecule has 1 aromatic rings. The third kappa shape index (κ3) is 4.54. The summed E-state index contributed by atoms with van der Waals surface area (Å²) in [5.74, 6) is 0.840. The maximum absolute atomic E-state index is 12.7. The Morgan fingerprint density at radius 3 is 2.48 bits per heavy atom. The molecule has 0 radical (unpaired) electrons. The summed E-state index contributed by atoms with van der Waals surface area (Å²) in [5.41, 5.74) is 0. The minimum absolute atomic E-state index is 0.00817. The lowest BCUT2D eigenvalue weighted by atomic mass is 10.3. The molecule has 1 saturated heterocycles. The monoisotopic (exact) mass is 396 g/mol. The number of amides is 1. The Morgan fingerprint density at radius 1 is 1.22 bits per heavy atom. The Kier molecular flexibility index (Phi) is 6.62. The third-order valence-electron chi connectivity index (χ3n) is 3.62. The van der Waals surface area contributed by atoms with Crippen molar-refractivity contribution in [2.75, 3.05) is 38.2 Å². The highest BCUT2D eigenvalue weighted by Crippen LogP contribution is 2.28. The van der Waals surface area contributed by atoms with E-state index in [0.29, 0.717) is 24.5 Å². The lowest BCUT2D eigenvalue weighted by molar-refractivity contribution is -0.131. The van der Waals surface area contributed by atoms with Crippen LogP contribution >= 0.6 is 35.0 Å². The first kappa shape index (κ1) is 18.9. The van der Waals surface area contributed by atoms with Gasteiger partial charge < -0.3 is 4.90 Å². The number of sulfonamides is 1. The molecular weight excluding hydrogens is 379 g/mol. The van der Waals surface area contributed by atoms with Crippen LogP contribution in [0.25, 0.3) is 0 Å². The lowest BCUT2D eigenvalue weighted by Gasteiger charge is -2.34. The summed E-state index contributed by atoms with van der Waals surface area (Å²) < 4.78 is 26.7. The molecule has 1 fully saturated rings. The molecule has 1 aliphatic rings. The van der Waals surface area contributed by atoms with Gasteiger partial charge >= 0.3 is 0 Å². The second kappa shape index (κ2) is 8.07. The number of hydrogen-bond donors (Lipinski definition) is 0. The van der Waals surface area contributed by atoms with Gasteiger partial charge in [0, 0.05) is 43.4 Å². The summed E-state index contributed by atoms with van der Waals surface area (Å²) in [6, 6.07) is 4.37. The number of thioether (sulfide) groups is 1. The highest BCUT2D eigenvalue weighted by molar-refractivity contribution is 7.98. The number of benzene rings is 1. The number of rotatable bonds is 5. The molecule has 5 nitrogen and oxygen atoms in total. The van der Waals surface area contributed by atoms with Crippen molar-refractivity contribution in [2.45, 2.75) is 11.3 Å². The number of hydrogen-bond acceptors (Lipinski definition) is 4. The topological polar surface area (TPSA) is 57.7 Å². The van der Waals surface area contributed by atoms with E-state index in [4.69, 9.17) is 23.2 Å². The highest BCUT2D eigenvalue weighted by atomic mass is 35.5. The van der Waals surface area contributed by atoms with Crippen molar-refractivity contribution in [2.24, 2.45) is 0 Å². The molecule has 0 aromatic heterocycles. The first-order valence-corrected chi connectivity index (χ1v) is 10.7. The Hall–Kier alpha value is -0.470. The Balaban J connectivity index is 2.07. The SMILES string of the molecule is CSCCC(=O)N1CCN(S(=O)(=O)c2cc(Cl)ccc2Cl)CC1. The van der Waals surface area contributed by atoms with Crippen LogP contribution in [-0.2, 0) is 14.8 Å². The average Bonchev–Trinajstić information content (AvgIpc) is 2.54. The summed E-state index contributed by atoms with van der Waals surface area (Å²) in [7, 11) is -3.71. The molecule has 0 spiro atoms. The molecule has 0 bridgehead atoms. The molecule has 0 N–H and O–H groups in total. The zero-order valence-corrected chi connectivity index (χ0v) is 15.8. The van der Waals surface area contributed by atoms with E-state index in [-0.39, 0.29) is 28.9 Å². The predicted molar refractivity (Wildman–Crippen MR) is 94.8 cm³/mol. The molecule has 1 amide bonds. The predicted octanol–water partition coefficient (Wildman–Crippen LogP) is 2.58. The van der Waals surface area contributed by atoms with E-state index >= 15 is 0 Å². The second-order valence-electron chi connectivity index (χ2n) is 5.10. The number of carbonyl (C=O) groups excluding carboxylic acids is 1. The number of halogens is 2. The largest absolute Gasteiger partial charge is 0.340 e. The maximum Gasteiger partial charge on any atom is 0.244 e. The van der Waals surface area contributed by atoms with E-state index in [2.05, 4.69) is 0 Å². The van der Waals surface area contributed by atoms with Gasteiger partial charge in [0.15, 0.2) is 0 Å². The molecule has 23 heavy (non-hydrogen) atoms. The van der Waals surface area contributed by atoms with E-state index in [1.54, 1.807) is 22.7 Å². The molecule has 0 unspecified atom stereocenters. The van der Waals surface area contributed by atoms with Gasteiger partial charge in [-0.2, -0.15) is 16.1 Å². The van der Waals surface area contributed by atoms with Crippen LogP contribution in [0.4, 0.5) is 0 Å². The molecule has 9 heteroatoms. The fourth-order valence-electron chi connectivity index (χ4n) is 2.34. The van der Waals surface area contributed by atoms with Gasteiger partial charge in [-0.15, -0.1) is 0 Å². The van der Waals surface area contributed by atoms with Gasteiger partial charge in [0.1, 0.15) is 4.90 Å². The van der Waals surface area contributed by atoms with Crippen molar-refractivity contribution in [3.8, 4) is 0 Å². The van der Waals surface area contributed by atoms with Gasteiger partial charge in [-0.25, -0.2) is 8.42 Å². The standard InChI is InChI=1S/C14H18Cl2N2O3S2/c1-22-9-4-14(19)17-5-7-18(8-6-17)23(20,21)13-10-11(15)2-3-12(13)16/h2-3,10H,4-9H2,1H3. The molecule has 0 atom stereocenters. The van der Waals surface area contributed by atoms with E-state index < -0.39 is 10.0 Å². The van der Waals surface area contributed by atoms with E-state index in [0.717, 1.165) is 5.75 Å². The van der Waals surface area contributed by atoms with Crippen molar-refractivity contribution in [3.63, 3.8) is 0 Å². The molecule has 128 valence electrons. The number of nitrogens with zero attached hydrogens (tertiary/aromatic N) is 2. The van der Waals surface area contributed by atoms with Crippen LogP contribution in [0.1, 0.15) is 6.42 Å². The van der Waals surface area contributed by atoms with Crippen molar-refractivity contribution in [3.05, 3.63) is 28.2 Å². The van der Waals surface area contributed by atoms with Gasteiger partial charge in [0.25, 0.3) is 0 Å². The van der Waals surface area contributed by atoms with Gasteiger partial charge in [-0.05, 0) is 24.5 Å². The fraction of sp³-hybridized carbons (Fsp3) is 0.500. The van der Waals surface area contributed by atoms with Crippen molar-refractivity contribution in [1.29, 1.82) is 0 Å².